The molecule has 0 spiro atoms. The fraction of sp³-hybridized carbons (Fsp3) is 0.714. The van der Waals surface area contributed by atoms with Crippen LogP contribution in [0.2, 0.25) is 0 Å². The molecule has 0 aliphatic heterocycles. The third kappa shape index (κ3) is 1.43. The zero-order valence-electron chi connectivity index (χ0n) is 10.1. The van der Waals surface area contributed by atoms with Gasteiger partial charge in [-0.05, 0) is 63.1 Å². The maximum atomic E-state index is 5.67. The molecule has 2 bridgehead atoms. The van der Waals surface area contributed by atoms with Gasteiger partial charge in [0, 0.05) is 12.0 Å². The average Bonchev–Trinajstić information content (AvgIpc) is 2.86. The van der Waals surface area contributed by atoms with Crippen LogP contribution in [0.4, 0.5) is 0 Å². The first-order valence-corrected chi connectivity index (χ1v) is 6.47. The Morgan fingerprint density at radius 2 is 1.88 bits per heavy atom. The summed E-state index contributed by atoms with van der Waals surface area (Å²) in [4.78, 5) is 0. The monoisotopic (exact) mass is 219 g/mol. The van der Waals surface area contributed by atoms with Gasteiger partial charge in [0.25, 0.3) is 0 Å². The molecular formula is C14H21NO. The van der Waals surface area contributed by atoms with Crippen molar-refractivity contribution in [2.75, 3.05) is 13.6 Å². The molecule has 1 aromatic rings. The average molecular weight is 219 g/mol. The minimum absolute atomic E-state index is 0.388. The summed E-state index contributed by atoms with van der Waals surface area (Å²) in [7, 11) is 2.08. The lowest BCUT2D eigenvalue weighted by Crippen LogP contribution is -2.47. The molecule has 1 aromatic heterocycles. The molecule has 3 fully saturated rings. The van der Waals surface area contributed by atoms with E-state index in [1.54, 1.807) is 0 Å². The maximum Gasteiger partial charge on any atom is 0.109 e. The molecule has 16 heavy (non-hydrogen) atoms. The molecule has 0 amide bonds. The van der Waals surface area contributed by atoms with Crippen molar-refractivity contribution < 1.29 is 4.42 Å². The van der Waals surface area contributed by atoms with Crippen LogP contribution in [0.3, 0.4) is 0 Å². The van der Waals surface area contributed by atoms with Gasteiger partial charge in [-0.2, -0.15) is 0 Å². The van der Waals surface area contributed by atoms with E-state index in [1.807, 2.05) is 12.3 Å². The summed E-state index contributed by atoms with van der Waals surface area (Å²) in [5.41, 5.74) is 0.988. The number of fused-ring (bicyclic) bond motifs is 3. The molecule has 0 atom stereocenters. The summed E-state index contributed by atoms with van der Waals surface area (Å²) in [5.74, 6) is 1.24. The topological polar surface area (TPSA) is 25.2 Å². The van der Waals surface area contributed by atoms with Crippen LogP contribution in [0.5, 0.6) is 0 Å². The normalized spacial score (nSPS) is 37.8. The lowest BCUT2D eigenvalue weighted by molar-refractivity contribution is 0.0303. The van der Waals surface area contributed by atoms with Gasteiger partial charge in [-0.1, -0.05) is 0 Å². The Bertz CT molecular complexity index is 330. The van der Waals surface area contributed by atoms with Crippen molar-refractivity contribution in [3.8, 4) is 0 Å². The van der Waals surface area contributed by atoms with E-state index in [4.69, 9.17) is 4.42 Å². The Hall–Kier alpha value is -0.760. The molecule has 1 N–H and O–H groups in total. The van der Waals surface area contributed by atoms with Gasteiger partial charge in [-0.15, -0.1) is 0 Å². The standard InChI is InChI=1S/C14H21NO/c1-15-11-13-4-7-14(8-5-13,9-6-13)12-3-2-10-16-12/h2-3,10,15H,4-9,11H2,1H3. The molecular weight excluding hydrogens is 198 g/mol. The molecule has 2 heteroatoms. The minimum atomic E-state index is 0.388. The van der Waals surface area contributed by atoms with Gasteiger partial charge in [-0.3, -0.25) is 0 Å². The Morgan fingerprint density at radius 3 is 2.38 bits per heavy atom. The number of nitrogens with one attached hydrogen (secondary N) is 1. The zero-order chi connectivity index (χ0) is 11.1. The number of hydrogen-bond acceptors (Lipinski definition) is 2. The van der Waals surface area contributed by atoms with Gasteiger partial charge in [0.1, 0.15) is 5.76 Å². The van der Waals surface area contributed by atoms with Crippen molar-refractivity contribution in [1.29, 1.82) is 0 Å². The molecule has 1 heterocycles. The SMILES string of the molecule is CNCC12CCC(c3ccco3)(CC1)CC2. The van der Waals surface area contributed by atoms with Gasteiger partial charge < -0.3 is 9.73 Å². The highest BCUT2D eigenvalue weighted by molar-refractivity contribution is 5.19. The summed E-state index contributed by atoms with van der Waals surface area (Å²) < 4.78 is 5.67. The van der Waals surface area contributed by atoms with E-state index in [0.717, 1.165) is 0 Å². The van der Waals surface area contributed by atoms with E-state index in [0.29, 0.717) is 10.8 Å². The molecule has 4 rings (SSSR count). The van der Waals surface area contributed by atoms with Crippen LogP contribution >= 0.6 is 0 Å². The van der Waals surface area contributed by atoms with Crippen LogP contribution in [0.25, 0.3) is 0 Å². The van der Waals surface area contributed by atoms with Crippen molar-refractivity contribution in [3.05, 3.63) is 24.2 Å². The van der Waals surface area contributed by atoms with Crippen molar-refractivity contribution in [2.45, 2.75) is 43.9 Å². The fourth-order valence-corrected chi connectivity index (χ4v) is 3.85. The molecule has 3 aliphatic carbocycles. The van der Waals surface area contributed by atoms with E-state index in [1.165, 1.54) is 50.8 Å². The van der Waals surface area contributed by atoms with Gasteiger partial charge in [0.2, 0.25) is 0 Å². The highest BCUT2D eigenvalue weighted by Crippen LogP contribution is 2.57. The molecule has 88 valence electrons. The summed E-state index contributed by atoms with van der Waals surface area (Å²) >= 11 is 0. The fourth-order valence-electron chi connectivity index (χ4n) is 3.85. The summed E-state index contributed by atoms with van der Waals surface area (Å²) in [5, 5.41) is 3.38. The number of rotatable bonds is 3. The molecule has 0 unspecified atom stereocenters. The Kier molecular flexibility index (Phi) is 2.36. The molecule has 0 aromatic carbocycles. The second-order valence-corrected chi connectivity index (χ2v) is 5.79. The smallest absolute Gasteiger partial charge is 0.109 e. The molecule has 0 saturated heterocycles. The van der Waals surface area contributed by atoms with Crippen LogP contribution in [0, 0.1) is 5.41 Å². The third-order valence-electron chi connectivity index (χ3n) is 5.00. The van der Waals surface area contributed by atoms with Crippen molar-refractivity contribution >= 4 is 0 Å². The van der Waals surface area contributed by atoms with Crippen molar-refractivity contribution in [2.24, 2.45) is 5.41 Å². The Morgan fingerprint density at radius 1 is 1.19 bits per heavy atom. The van der Waals surface area contributed by atoms with Crippen molar-refractivity contribution in [3.63, 3.8) is 0 Å². The van der Waals surface area contributed by atoms with Crippen LogP contribution in [-0.4, -0.2) is 13.6 Å². The second-order valence-electron chi connectivity index (χ2n) is 5.79. The van der Waals surface area contributed by atoms with Gasteiger partial charge in [0.05, 0.1) is 6.26 Å². The highest BCUT2D eigenvalue weighted by Gasteiger charge is 2.50. The third-order valence-corrected chi connectivity index (χ3v) is 5.00. The van der Waals surface area contributed by atoms with E-state index >= 15 is 0 Å². The lowest BCUT2D eigenvalue weighted by atomic mass is 9.53. The molecule has 3 saturated carbocycles. The second kappa shape index (κ2) is 3.63. The summed E-state index contributed by atoms with van der Waals surface area (Å²) in [6, 6.07) is 4.21. The number of furan rings is 1. The molecule has 2 nitrogen and oxygen atoms in total. The first kappa shape index (κ1) is 10.4. The van der Waals surface area contributed by atoms with E-state index in [9.17, 15) is 0 Å². The first-order valence-electron chi connectivity index (χ1n) is 6.47. The van der Waals surface area contributed by atoms with E-state index in [2.05, 4.69) is 18.4 Å². The Balaban J connectivity index is 1.81. The summed E-state index contributed by atoms with van der Waals surface area (Å²) in [6.45, 7) is 1.20. The van der Waals surface area contributed by atoms with Crippen LogP contribution in [0.1, 0.15) is 44.3 Å². The van der Waals surface area contributed by atoms with Gasteiger partial charge in [-0.25, -0.2) is 0 Å². The van der Waals surface area contributed by atoms with Crippen LogP contribution in [0.15, 0.2) is 22.8 Å². The largest absolute Gasteiger partial charge is 0.469 e. The zero-order valence-corrected chi connectivity index (χ0v) is 10.1. The van der Waals surface area contributed by atoms with Crippen molar-refractivity contribution in [1.82, 2.24) is 5.32 Å². The van der Waals surface area contributed by atoms with Gasteiger partial charge in [0.15, 0.2) is 0 Å². The first-order chi connectivity index (χ1) is 7.79. The maximum absolute atomic E-state index is 5.67. The molecule has 0 radical (unpaired) electrons. The predicted molar refractivity (Wildman–Crippen MR) is 64.4 cm³/mol. The summed E-state index contributed by atoms with van der Waals surface area (Å²) in [6.07, 6.45) is 9.90. The predicted octanol–water partition coefficient (Wildman–Crippen LogP) is 3.09. The van der Waals surface area contributed by atoms with E-state index < -0.39 is 0 Å². The van der Waals surface area contributed by atoms with E-state index in [-0.39, 0.29) is 0 Å². The minimum Gasteiger partial charge on any atom is -0.469 e. The van der Waals surface area contributed by atoms with Crippen LogP contribution < -0.4 is 5.32 Å². The molecule has 3 aliphatic rings. The van der Waals surface area contributed by atoms with Crippen LogP contribution in [-0.2, 0) is 5.41 Å². The number of hydrogen-bond donors (Lipinski definition) is 1. The Labute approximate surface area is 97.4 Å². The quantitative estimate of drug-likeness (QED) is 0.845. The highest BCUT2D eigenvalue weighted by atomic mass is 16.3. The lowest BCUT2D eigenvalue weighted by Gasteiger charge is -2.52. The van der Waals surface area contributed by atoms with Gasteiger partial charge >= 0.3 is 0 Å².